The molecule has 0 radical (unpaired) electrons. The van der Waals surface area contributed by atoms with Crippen LogP contribution in [0.15, 0.2) is 48.5 Å². The molecule has 5 heteroatoms. The molecule has 0 amide bonds. The Balaban J connectivity index is 2.03. The Labute approximate surface area is 131 Å². The van der Waals surface area contributed by atoms with Crippen molar-refractivity contribution < 1.29 is 9.53 Å². The zero-order valence-corrected chi connectivity index (χ0v) is 12.4. The summed E-state index contributed by atoms with van der Waals surface area (Å²) < 4.78 is 5.10. The van der Waals surface area contributed by atoms with Gasteiger partial charge in [-0.3, -0.25) is 0 Å². The molecular weight excluding hydrogens is 319 g/mol. The molecule has 2 rings (SSSR count). The molecule has 0 bridgehead atoms. The van der Waals surface area contributed by atoms with Crippen molar-refractivity contribution in [3.8, 4) is 5.75 Å². The number of halogens is 3. The third kappa shape index (κ3) is 4.27. The Morgan fingerprint density at radius 2 is 1.80 bits per heavy atom. The van der Waals surface area contributed by atoms with Crippen LogP contribution < -0.4 is 4.74 Å². The molecular formula is C15H9Cl3O2. The van der Waals surface area contributed by atoms with Crippen LogP contribution in [0.25, 0.3) is 6.08 Å². The number of carbonyl (C=O) groups is 1. The van der Waals surface area contributed by atoms with E-state index in [2.05, 4.69) is 0 Å². The fraction of sp³-hybridized carbons (Fsp3) is 0. The SMILES string of the molecule is O=C(/C=C/c1ccc(Cl)c(Cl)c1)Oc1cccc(Cl)c1. The van der Waals surface area contributed by atoms with E-state index in [1.54, 1.807) is 48.5 Å². The Kier molecular flexibility index (Phi) is 5.07. The van der Waals surface area contributed by atoms with E-state index in [-0.39, 0.29) is 0 Å². The number of hydrogen-bond donors (Lipinski definition) is 0. The molecule has 0 heterocycles. The lowest BCUT2D eigenvalue weighted by molar-refractivity contribution is -0.128. The van der Waals surface area contributed by atoms with Gasteiger partial charge in [0.1, 0.15) is 5.75 Å². The van der Waals surface area contributed by atoms with Crippen LogP contribution in [0, 0.1) is 0 Å². The first-order chi connectivity index (χ1) is 9.54. The van der Waals surface area contributed by atoms with Gasteiger partial charge in [0.25, 0.3) is 0 Å². The van der Waals surface area contributed by atoms with Gasteiger partial charge < -0.3 is 4.74 Å². The molecule has 0 saturated heterocycles. The molecule has 0 atom stereocenters. The van der Waals surface area contributed by atoms with Crippen LogP contribution in [0.3, 0.4) is 0 Å². The summed E-state index contributed by atoms with van der Waals surface area (Å²) in [6.45, 7) is 0. The maximum absolute atomic E-state index is 11.6. The number of ether oxygens (including phenoxy) is 1. The van der Waals surface area contributed by atoms with Crippen molar-refractivity contribution in [1.29, 1.82) is 0 Å². The molecule has 2 aromatic carbocycles. The van der Waals surface area contributed by atoms with E-state index in [0.29, 0.717) is 20.8 Å². The van der Waals surface area contributed by atoms with Gasteiger partial charge in [-0.2, -0.15) is 0 Å². The van der Waals surface area contributed by atoms with Crippen molar-refractivity contribution in [2.75, 3.05) is 0 Å². The van der Waals surface area contributed by atoms with Gasteiger partial charge in [-0.05, 0) is 42.0 Å². The molecule has 0 aromatic heterocycles. The lowest BCUT2D eigenvalue weighted by Gasteiger charge is -2.01. The van der Waals surface area contributed by atoms with E-state index in [1.807, 2.05) is 0 Å². The average molecular weight is 328 g/mol. The average Bonchev–Trinajstić information content (AvgIpc) is 2.40. The second-order valence-electron chi connectivity index (χ2n) is 3.89. The Bertz CT molecular complexity index is 666. The van der Waals surface area contributed by atoms with Crippen molar-refractivity contribution >= 4 is 46.8 Å². The highest BCUT2D eigenvalue weighted by Crippen LogP contribution is 2.23. The fourth-order valence-corrected chi connectivity index (χ4v) is 1.95. The predicted octanol–water partition coefficient (Wildman–Crippen LogP) is 5.27. The summed E-state index contributed by atoms with van der Waals surface area (Å²) in [6.07, 6.45) is 2.90. The van der Waals surface area contributed by atoms with Crippen molar-refractivity contribution in [1.82, 2.24) is 0 Å². The minimum Gasteiger partial charge on any atom is -0.423 e. The van der Waals surface area contributed by atoms with Crippen LogP contribution in [0.4, 0.5) is 0 Å². The summed E-state index contributed by atoms with van der Waals surface area (Å²) in [6, 6.07) is 11.7. The lowest BCUT2D eigenvalue weighted by Crippen LogP contribution is -2.03. The fourth-order valence-electron chi connectivity index (χ4n) is 1.46. The summed E-state index contributed by atoms with van der Waals surface area (Å²) in [5, 5.41) is 1.39. The Morgan fingerprint density at radius 1 is 1.00 bits per heavy atom. The summed E-state index contributed by atoms with van der Waals surface area (Å²) >= 11 is 17.5. The molecule has 0 fully saturated rings. The van der Waals surface area contributed by atoms with Crippen molar-refractivity contribution in [3.63, 3.8) is 0 Å². The van der Waals surface area contributed by atoms with E-state index in [9.17, 15) is 4.79 Å². The predicted molar refractivity (Wildman–Crippen MR) is 82.6 cm³/mol. The first-order valence-corrected chi connectivity index (χ1v) is 6.78. The molecule has 102 valence electrons. The quantitative estimate of drug-likeness (QED) is 0.436. The van der Waals surface area contributed by atoms with Crippen molar-refractivity contribution in [2.45, 2.75) is 0 Å². The molecule has 0 N–H and O–H groups in total. The van der Waals surface area contributed by atoms with Crippen LogP contribution in [-0.2, 0) is 4.79 Å². The third-order valence-corrected chi connectivity index (χ3v) is 3.34. The van der Waals surface area contributed by atoms with Gasteiger partial charge in [0.05, 0.1) is 10.0 Å². The maximum Gasteiger partial charge on any atom is 0.336 e. The summed E-state index contributed by atoms with van der Waals surface area (Å²) in [5.41, 5.74) is 0.752. The normalized spacial score (nSPS) is 10.8. The molecule has 2 nitrogen and oxygen atoms in total. The standard InChI is InChI=1S/C15H9Cl3O2/c16-11-2-1-3-12(9-11)20-15(19)7-5-10-4-6-13(17)14(18)8-10/h1-9H/b7-5+. The second kappa shape index (κ2) is 6.80. The van der Waals surface area contributed by atoms with Gasteiger partial charge in [-0.15, -0.1) is 0 Å². The highest BCUT2D eigenvalue weighted by molar-refractivity contribution is 6.42. The highest BCUT2D eigenvalue weighted by atomic mass is 35.5. The molecule has 20 heavy (non-hydrogen) atoms. The van der Waals surface area contributed by atoms with Crippen LogP contribution in [0.2, 0.25) is 15.1 Å². The van der Waals surface area contributed by atoms with E-state index >= 15 is 0 Å². The first kappa shape index (κ1) is 14.9. The zero-order chi connectivity index (χ0) is 14.5. The summed E-state index contributed by atoms with van der Waals surface area (Å²) in [7, 11) is 0. The molecule has 0 spiro atoms. The molecule has 0 saturated carbocycles. The van der Waals surface area contributed by atoms with Gasteiger partial charge in [-0.1, -0.05) is 46.9 Å². The number of rotatable bonds is 3. The number of hydrogen-bond acceptors (Lipinski definition) is 2. The van der Waals surface area contributed by atoms with Crippen molar-refractivity contribution in [2.24, 2.45) is 0 Å². The minimum absolute atomic E-state index is 0.390. The molecule has 0 aliphatic heterocycles. The topological polar surface area (TPSA) is 26.3 Å². The van der Waals surface area contributed by atoms with Crippen LogP contribution in [0.1, 0.15) is 5.56 Å². The van der Waals surface area contributed by atoms with Gasteiger partial charge in [0.15, 0.2) is 0 Å². The van der Waals surface area contributed by atoms with Crippen molar-refractivity contribution in [3.05, 3.63) is 69.2 Å². The van der Waals surface area contributed by atoms with Gasteiger partial charge in [0.2, 0.25) is 0 Å². The summed E-state index contributed by atoms with van der Waals surface area (Å²) in [5.74, 6) is -0.111. The van der Waals surface area contributed by atoms with Crippen LogP contribution in [-0.4, -0.2) is 5.97 Å². The zero-order valence-electron chi connectivity index (χ0n) is 10.1. The number of esters is 1. The first-order valence-electron chi connectivity index (χ1n) is 5.65. The van der Waals surface area contributed by atoms with Crippen LogP contribution >= 0.6 is 34.8 Å². The van der Waals surface area contributed by atoms with E-state index in [1.165, 1.54) is 6.08 Å². The van der Waals surface area contributed by atoms with Gasteiger partial charge in [0, 0.05) is 11.1 Å². The smallest absolute Gasteiger partial charge is 0.336 e. The Morgan fingerprint density at radius 3 is 2.50 bits per heavy atom. The second-order valence-corrected chi connectivity index (χ2v) is 5.14. The number of benzene rings is 2. The van der Waals surface area contributed by atoms with E-state index < -0.39 is 5.97 Å². The largest absolute Gasteiger partial charge is 0.423 e. The molecule has 0 aliphatic rings. The minimum atomic E-state index is -0.502. The third-order valence-electron chi connectivity index (χ3n) is 2.37. The van der Waals surface area contributed by atoms with E-state index in [0.717, 1.165) is 5.56 Å². The monoisotopic (exact) mass is 326 g/mol. The molecule has 2 aromatic rings. The van der Waals surface area contributed by atoms with Crippen LogP contribution in [0.5, 0.6) is 5.75 Å². The van der Waals surface area contributed by atoms with E-state index in [4.69, 9.17) is 39.5 Å². The Hall–Kier alpha value is -1.48. The molecule has 0 aliphatic carbocycles. The summed E-state index contributed by atoms with van der Waals surface area (Å²) in [4.78, 5) is 11.6. The highest BCUT2D eigenvalue weighted by Gasteiger charge is 2.02. The molecule has 0 unspecified atom stereocenters. The van der Waals surface area contributed by atoms with Gasteiger partial charge in [-0.25, -0.2) is 4.79 Å². The number of carbonyl (C=O) groups excluding carboxylic acids is 1. The lowest BCUT2D eigenvalue weighted by atomic mass is 10.2. The van der Waals surface area contributed by atoms with Gasteiger partial charge >= 0.3 is 5.97 Å². The maximum atomic E-state index is 11.6.